The second-order valence-electron chi connectivity index (χ2n) is 23.3. The summed E-state index contributed by atoms with van der Waals surface area (Å²) < 4.78 is 0. The highest BCUT2D eigenvalue weighted by molar-refractivity contribution is 5.92. The highest BCUT2D eigenvalue weighted by Gasteiger charge is 2.40. The summed E-state index contributed by atoms with van der Waals surface area (Å²) in [5.41, 5.74) is 34.0. The van der Waals surface area contributed by atoms with Crippen molar-refractivity contribution in [2.45, 2.75) is 77.0 Å². The normalized spacial score (nSPS) is 15.9. The van der Waals surface area contributed by atoms with Gasteiger partial charge < -0.3 is 0 Å². The van der Waals surface area contributed by atoms with E-state index in [1.165, 1.54) is 145 Å². The fourth-order valence-electron chi connectivity index (χ4n) is 13.7. The van der Waals surface area contributed by atoms with E-state index in [0.717, 1.165) is 0 Å². The first kappa shape index (κ1) is 43.0. The lowest BCUT2D eigenvalue weighted by atomic mass is 9.79. The molecule has 0 amide bonds. The molecule has 0 bridgehead atoms. The molecular formula is C72H58. The average molecular weight is 923 g/mol. The van der Waals surface area contributed by atoms with Crippen LogP contribution in [-0.4, -0.2) is 0 Å². The van der Waals surface area contributed by atoms with Crippen molar-refractivity contribution < 1.29 is 0 Å². The molecule has 0 aliphatic heterocycles. The van der Waals surface area contributed by atoms with Gasteiger partial charge in [-0.3, -0.25) is 0 Å². The molecule has 346 valence electrons. The first-order valence-electron chi connectivity index (χ1n) is 26.0. The Balaban J connectivity index is 0.850. The van der Waals surface area contributed by atoms with Crippen molar-refractivity contribution in [2.24, 2.45) is 0 Å². The molecule has 0 fully saturated rings. The third-order valence-corrected chi connectivity index (χ3v) is 17.9. The van der Waals surface area contributed by atoms with Gasteiger partial charge in [-0.25, -0.2) is 0 Å². The molecule has 0 saturated heterocycles. The van der Waals surface area contributed by atoms with E-state index in [1.807, 2.05) is 0 Å². The molecule has 0 N–H and O–H groups in total. The fraction of sp³-hybridized carbons (Fsp3) is 0.167. The van der Waals surface area contributed by atoms with Gasteiger partial charge in [0.25, 0.3) is 0 Å². The van der Waals surface area contributed by atoms with Crippen LogP contribution in [0.1, 0.15) is 99.9 Å². The lowest BCUT2D eigenvalue weighted by Crippen LogP contribution is -2.15. The van der Waals surface area contributed by atoms with Crippen molar-refractivity contribution >= 4 is 0 Å². The van der Waals surface area contributed by atoms with Crippen LogP contribution in [0.2, 0.25) is 0 Å². The van der Waals surface area contributed by atoms with Crippen LogP contribution in [0.4, 0.5) is 0 Å². The Morgan fingerprint density at radius 3 is 0.694 bits per heavy atom. The minimum absolute atomic E-state index is 0.0838. The monoisotopic (exact) mass is 922 g/mol. The molecule has 14 rings (SSSR count). The molecular weight excluding hydrogens is 865 g/mol. The number of rotatable bonds is 5. The summed E-state index contributed by atoms with van der Waals surface area (Å²) in [6.45, 7) is 19.2. The van der Waals surface area contributed by atoms with Gasteiger partial charge >= 0.3 is 0 Å². The predicted molar refractivity (Wildman–Crippen MR) is 304 cm³/mol. The molecule has 0 nitrogen and oxygen atoms in total. The third-order valence-electron chi connectivity index (χ3n) is 17.9. The van der Waals surface area contributed by atoms with Crippen LogP contribution in [0.3, 0.4) is 0 Å². The maximum atomic E-state index is 2.50. The van der Waals surface area contributed by atoms with Crippen LogP contribution in [-0.2, 0) is 21.7 Å². The predicted octanol–water partition coefficient (Wildman–Crippen LogP) is 19.2. The second kappa shape index (κ2) is 14.9. The van der Waals surface area contributed by atoms with Gasteiger partial charge in [0.2, 0.25) is 0 Å². The van der Waals surface area contributed by atoms with E-state index in [2.05, 4.69) is 262 Å². The fourth-order valence-corrected chi connectivity index (χ4v) is 13.7. The highest BCUT2D eigenvalue weighted by Crippen LogP contribution is 2.55. The zero-order chi connectivity index (χ0) is 49.1. The molecule has 4 aliphatic carbocycles. The van der Waals surface area contributed by atoms with Crippen LogP contribution in [0.25, 0.3) is 100 Å². The molecule has 72 heavy (non-hydrogen) atoms. The summed E-state index contributed by atoms with van der Waals surface area (Å²) in [6.07, 6.45) is 0. The molecule has 0 spiro atoms. The lowest BCUT2D eigenvalue weighted by molar-refractivity contribution is 0.660. The zero-order valence-electron chi connectivity index (χ0n) is 42.6. The third kappa shape index (κ3) is 6.05. The van der Waals surface area contributed by atoms with Gasteiger partial charge in [0.05, 0.1) is 0 Å². The Labute approximate surface area is 425 Å². The van der Waals surface area contributed by atoms with E-state index in [-0.39, 0.29) is 21.7 Å². The SMILES string of the molecule is CC1(C)c2ccccc2-c2ccc(-c3cc(-c4ccc5c(c4)C(C)(C)c4ccccc4-5)cc(-c4ccc5c(c4)C(C)(C)c4cc(-c6ccc7c(c6)C(C)(C)c6cc(-c8ccccc8)ccc6-7)ccc4-5)c3)cc21. The summed E-state index contributed by atoms with van der Waals surface area (Å²) in [5, 5.41) is 0. The van der Waals surface area contributed by atoms with E-state index in [1.54, 1.807) is 0 Å². The van der Waals surface area contributed by atoms with Crippen molar-refractivity contribution in [3.8, 4) is 100 Å². The average Bonchev–Trinajstić information content (AvgIpc) is 3.97. The number of fused-ring (bicyclic) bond motifs is 12. The Kier molecular flexibility index (Phi) is 8.89. The minimum atomic E-state index is -0.196. The Morgan fingerprint density at radius 2 is 0.389 bits per heavy atom. The van der Waals surface area contributed by atoms with Crippen LogP contribution in [0.15, 0.2) is 206 Å². The quantitative estimate of drug-likeness (QED) is 0.161. The van der Waals surface area contributed by atoms with Crippen LogP contribution >= 0.6 is 0 Å². The smallest absolute Gasteiger partial charge is 0.0159 e. The van der Waals surface area contributed by atoms with Crippen molar-refractivity contribution in [1.29, 1.82) is 0 Å². The summed E-state index contributed by atoms with van der Waals surface area (Å²) in [6, 6.07) is 79.1. The lowest BCUT2D eigenvalue weighted by Gasteiger charge is -2.24. The van der Waals surface area contributed by atoms with Crippen LogP contribution in [0.5, 0.6) is 0 Å². The number of hydrogen-bond acceptors (Lipinski definition) is 0. The first-order valence-corrected chi connectivity index (χ1v) is 26.0. The van der Waals surface area contributed by atoms with Crippen LogP contribution in [0, 0.1) is 0 Å². The van der Waals surface area contributed by atoms with Crippen molar-refractivity contribution in [3.63, 3.8) is 0 Å². The first-order chi connectivity index (χ1) is 34.7. The summed E-state index contributed by atoms with van der Waals surface area (Å²) >= 11 is 0. The van der Waals surface area contributed by atoms with Gasteiger partial charge in [-0.2, -0.15) is 0 Å². The van der Waals surface area contributed by atoms with Gasteiger partial charge in [0, 0.05) is 21.7 Å². The zero-order valence-corrected chi connectivity index (χ0v) is 42.6. The van der Waals surface area contributed by atoms with E-state index in [4.69, 9.17) is 0 Å². The minimum Gasteiger partial charge on any atom is -0.0622 e. The maximum Gasteiger partial charge on any atom is 0.0159 e. The molecule has 10 aromatic carbocycles. The molecule has 0 heteroatoms. The summed E-state index contributed by atoms with van der Waals surface area (Å²) in [5.74, 6) is 0. The molecule has 0 unspecified atom stereocenters. The topological polar surface area (TPSA) is 0 Å². The Morgan fingerprint density at radius 1 is 0.167 bits per heavy atom. The Bertz CT molecular complexity index is 3830. The Hall–Kier alpha value is -7.80. The largest absolute Gasteiger partial charge is 0.0622 e. The van der Waals surface area contributed by atoms with E-state index in [0.29, 0.717) is 0 Å². The molecule has 0 atom stereocenters. The standard InChI is InChI=1S/C72H58/c1-69(2)61-20-14-12-18-53(61)55-31-25-47(40-63(55)69)50-34-51(48-26-32-56-54-19-13-15-21-62(54)70(3,4)64(56)41-48)36-52(35-50)49-27-33-60-59-30-24-46(39-67(59)72(7,8)68(60)42-49)45-23-29-58-57-28-22-44(43-16-10-9-11-17-43)37-65(57)71(5,6)66(58)38-45/h9-42H,1-8H3. The van der Waals surface area contributed by atoms with Gasteiger partial charge in [-0.1, -0.05) is 207 Å². The van der Waals surface area contributed by atoms with E-state index in [9.17, 15) is 0 Å². The molecule has 0 radical (unpaired) electrons. The number of benzene rings is 10. The molecule has 0 aromatic heterocycles. The summed E-state index contributed by atoms with van der Waals surface area (Å²) in [4.78, 5) is 0. The second-order valence-corrected chi connectivity index (χ2v) is 23.3. The van der Waals surface area contributed by atoms with E-state index < -0.39 is 0 Å². The maximum absolute atomic E-state index is 2.50. The van der Waals surface area contributed by atoms with Crippen molar-refractivity contribution in [2.75, 3.05) is 0 Å². The van der Waals surface area contributed by atoms with Crippen molar-refractivity contribution in [3.05, 3.63) is 251 Å². The molecule has 4 aliphatic rings. The summed E-state index contributed by atoms with van der Waals surface area (Å²) in [7, 11) is 0. The molecule has 10 aromatic rings. The van der Waals surface area contributed by atoms with Crippen LogP contribution < -0.4 is 0 Å². The van der Waals surface area contributed by atoms with Crippen molar-refractivity contribution in [1.82, 2.24) is 0 Å². The van der Waals surface area contributed by atoms with Gasteiger partial charge in [0.1, 0.15) is 0 Å². The highest BCUT2D eigenvalue weighted by atomic mass is 14.4. The van der Waals surface area contributed by atoms with E-state index >= 15 is 0 Å². The molecule has 0 heterocycles. The molecule has 0 saturated carbocycles. The van der Waals surface area contributed by atoms with Gasteiger partial charge in [-0.15, -0.1) is 0 Å². The number of hydrogen-bond donors (Lipinski definition) is 0. The van der Waals surface area contributed by atoms with Gasteiger partial charge in [0.15, 0.2) is 0 Å². The van der Waals surface area contributed by atoms with Gasteiger partial charge in [-0.05, 0) is 199 Å².